The van der Waals surface area contributed by atoms with Crippen molar-refractivity contribution in [1.29, 1.82) is 0 Å². The van der Waals surface area contributed by atoms with Gasteiger partial charge in [-0.15, -0.1) is 0 Å². The van der Waals surface area contributed by atoms with E-state index in [4.69, 9.17) is 11.6 Å². The number of aromatic nitrogens is 2. The lowest BCUT2D eigenvalue weighted by Gasteiger charge is -2.37. The molecule has 0 bridgehead atoms. The van der Waals surface area contributed by atoms with E-state index in [0.29, 0.717) is 65.2 Å². The van der Waals surface area contributed by atoms with Gasteiger partial charge in [-0.2, -0.15) is 5.10 Å². The predicted octanol–water partition coefficient (Wildman–Crippen LogP) is 3.95. The van der Waals surface area contributed by atoms with Crippen molar-refractivity contribution in [2.75, 3.05) is 29.3 Å². The number of carbonyl (C=O) groups is 3. The maximum absolute atomic E-state index is 14.1. The molecule has 3 heterocycles. The summed E-state index contributed by atoms with van der Waals surface area (Å²) < 4.78 is 29.3. The van der Waals surface area contributed by atoms with E-state index in [2.05, 4.69) is 20.8 Å². The molecule has 1 unspecified atom stereocenters. The number of H-pyrrole nitrogens is 1. The summed E-state index contributed by atoms with van der Waals surface area (Å²) in [6, 6.07) is 10.2. The summed E-state index contributed by atoms with van der Waals surface area (Å²) in [6.07, 6.45) is 1.97. The third kappa shape index (κ3) is 6.40. The van der Waals surface area contributed by atoms with E-state index in [0.717, 1.165) is 22.8 Å². The first kappa shape index (κ1) is 30.6. The number of amides is 3. The molecule has 2 aliphatic heterocycles. The average molecular weight is 627 g/mol. The molecule has 1 fully saturated rings. The topological polar surface area (TPSA) is 145 Å². The highest BCUT2D eigenvalue weighted by molar-refractivity contribution is 7.93. The third-order valence-corrected chi connectivity index (χ3v) is 10.4. The fraction of sp³-hybridized carbons (Fsp3) is 0.400. The van der Waals surface area contributed by atoms with Crippen LogP contribution in [0, 0.1) is 26.7 Å². The van der Waals surface area contributed by atoms with Crippen molar-refractivity contribution in [3.8, 4) is 0 Å². The first-order valence-corrected chi connectivity index (χ1v) is 16.1. The van der Waals surface area contributed by atoms with Crippen LogP contribution in [0.4, 0.5) is 11.4 Å². The minimum absolute atomic E-state index is 0.0246. The Morgan fingerprint density at radius 1 is 1.07 bits per heavy atom. The number of hydrogen-bond donors (Lipinski definition) is 3. The van der Waals surface area contributed by atoms with Gasteiger partial charge in [0.1, 0.15) is 11.7 Å². The van der Waals surface area contributed by atoms with Crippen LogP contribution in [0.1, 0.15) is 53.0 Å². The molecule has 1 saturated heterocycles. The second kappa shape index (κ2) is 12.4. The number of likely N-dealkylation sites (tertiary alicyclic amines) is 1. The second-order valence-corrected chi connectivity index (χ2v) is 13.4. The molecule has 1 atom stereocenters. The second-order valence-electron chi connectivity index (χ2n) is 11.2. The molecule has 0 spiro atoms. The number of sulfonamides is 1. The first-order valence-electron chi connectivity index (χ1n) is 14.2. The van der Waals surface area contributed by atoms with Crippen LogP contribution in [0.5, 0.6) is 0 Å². The van der Waals surface area contributed by atoms with Crippen LogP contribution in [-0.4, -0.2) is 66.9 Å². The molecule has 228 valence electrons. The molecule has 5 rings (SSSR count). The number of benzene rings is 2. The monoisotopic (exact) mass is 626 g/mol. The average Bonchev–Trinajstić information content (AvgIpc) is 3.41. The van der Waals surface area contributed by atoms with Crippen molar-refractivity contribution in [2.45, 2.75) is 57.4 Å². The molecule has 43 heavy (non-hydrogen) atoms. The van der Waals surface area contributed by atoms with Crippen LogP contribution in [0.15, 0.2) is 47.4 Å². The number of rotatable bonds is 8. The number of anilines is 2. The number of halogens is 1. The molecule has 3 N–H and O–H groups in total. The molecule has 2 aliphatic rings. The Balaban J connectivity index is 1.24. The highest BCUT2D eigenvalue weighted by Gasteiger charge is 2.42. The summed E-state index contributed by atoms with van der Waals surface area (Å²) in [5.74, 6) is -0.773. The van der Waals surface area contributed by atoms with Gasteiger partial charge < -0.3 is 15.5 Å². The Morgan fingerprint density at radius 3 is 2.49 bits per heavy atom. The molecule has 0 saturated carbocycles. The zero-order chi connectivity index (χ0) is 30.9. The quantitative estimate of drug-likeness (QED) is 0.345. The van der Waals surface area contributed by atoms with E-state index in [9.17, 15) is 22.8 Å². The number of aryl methyl sites for hydroxylation is 3. The molecule has 2 aromatic carbocycles. The molecule has 13 heteroatoms. The van der Waals surface area contributed by atoms with Gasteiger partial charge in [-0.05, 0) is 87.4 Å². The lowest BCUT2D eigenvalue weighted by Crippen LogP contribution is -2.53. The fourth-order valence-corrected chi connectivity index (χ4v) is 7.80. The zero-order valence-corrected chi connectivity index (χ0v) is 25.9. The van der Waals surface area contributed by atoms with Crippen LogP contribution < -0.4 is 14.9 Å². The van der Waals surface area contributed by atoms with Crippen molar-refractivity contribution in [1.82, 2.24) is 20.4 Å². The minimum Gasteiger partial charge on any atom is -0.356 e. The number of aromatic amines is 1. The third-order valence-electron chi connectivity index (χ3n) is 8.06. The van der Waals surface area contributed by atoms with Crippen molar-refractivity contribution >= 4 is 50.7 Å². The predicted molar refractivity (Wildman–Crippen MR) is 164 cm³/mol. The zero-order valence-electron chi connectivity index (χ0n) is 24.3. The van der Waals surface area contributed by atoms with E-state index in [1.165, 1.54) is 6.07 Å². The number of carbonyl (C=O) groups excluding carboxylic acids is 3. The molecule has 0 aliphatic carbocycles. The molecular weight excluding hydrogens is 592 g/mol. The number of para-hydroxylation sites is 2. The minimum atomic E-state index is -4.25. The van der Waals surface area contributed by atoms with Crippen LogP contribution in [0.2, 0.25) is 5.02 Å². The lowest BCUT2D eigenvalue weighted by molar-refractivity contribution is -0.125. The van der Waals surface area contributed by atoms with Crippen molar-refractivity contribution < 1.29 is 22.8 Å². The molecule has 11 nitrogen and oxygen atoms in total. The standard InChI is InChI=1S/C30H35ClN6O5S/c1-18-15-27(19(2)14-22(18)31)43(41,42)37-25-7-5-4-6-23(25)33-29(39)26(37)17-28(38)32-11-8-21-9-12-36(13-10-21)30(40)24-16-20(3)34-35-24/h4-7,14-16,21,26H,8-13,17H2,1-3H3,(H,32,38)(H,33,39)(H,34,35). The summed E-state index contributed by atoms with van der Waals surface area (Å²) in [5.41, 5.74) is 2.91. The molecule has 3 amide bonds. The van der Waals surface area contributed by atoms with Crippen molar-refractivity contribution in [3.05, 3.63) is 70.0 Å². The summed E-state index contributed by atoms with van der Waals surface area (Å²) in [7, 11) is -4.25. The summed E-state index contributed by atoms with van der Waals surface area (Å²) in [5, 5.41) is 12.9. The van der Waals surface area contributed by atoms with E-state index in [-0.39, 0.29) is 17.2 Å². The number of nitrogens with one attached hydrogen (secondary N) is 3. The maximum Gasteiger partial charge on any atom is 0.274 e. The number of fused-ring (bicyclic) bond motifs is 1. The fourth-order valence-electron chi connectivity index (χ4n) is 5.65. The smallest absolute Gasteiger partial charge is 0.274 e. The van der Waals surface area contributed by atoms with Gasteiger partial charge in [0.05, 0.1) is 22.7 Å². The summed E-state index contributed by atoms with van der Waals surface area (Å²) >= 11 is 6.23. The van der Waals surface area contributed by atoms with Gasteiger partial charge in [0, 0.05) is 30.4 Å². The van der Waals surface area contributed by atoms with Gasteiger partial charge in [-0.1, -0.05) is 23.7 Å². The highest BCUT2D eigenvalue weighted by atomic mass is 35.5. The SMILES string of the molecule is Cc1cc(C(=O)N2CCC(CCNC(=O)CC3C(=O)Nc4ccccc4N3S(=O)(=O)c3cc(C)c(Cl)cc3C)CC2)n[nH]1. The van der Waals surface area contributed by atoms with Gasteiger partial charge >= 0.3 is 0 Å². The van der Waals surface area contributed by atoms with Crippen LogP contribution in [0.25, 0.3) is 0 Å². The van der Waals surface area contributed by atoms with Gasteiger partial charge in [0.25, 0.3) is 15.9 Å². The van der Waals surface area contributed by atoms with E-state index in [1.807, 2.05) is 6.92 Å². The van der Waals surface area contributed by atoms with Gasteiger partial charge in [0.2, 0.25) is 11.8 Å². The maximum atomic E-state index is 14.1. The summed E-state index contributed by atoms with van der Waals surface area (Å²) in [6.45, 7) is 6.81. The van der Waals surface area contributed by atoms with Crippen LogP contribution in [0.3, 0.4) is 0 Å². The van der Waals surface area contributed by atoms with Gasteiger partial charge in [-0.3, -0.25) is 23.8 Å². The largest absolute Gasteiger partial charge is 0.356 e. The Kier molecular flexibility index (Phi) is 8.79. The Bertz CT molecular complexity index is 1660. The van der Waals surface area contributed by atoms with Gasteiger partial charge in [0.15, 0.2) is 0 Å². The summed E-state index contributed by atoms with van der Waals surface area (Å²) in [4.78, 5) is 40.8. The van der Waals surface area contributed by atoms with Crippen LogP contribution in [-0.2, 0) is 19.6 Å². The Morgan fingerprint density at radius 2 is 1.79 bits per heavy atom. The molecule has 1 aromatic heterocycles. The van der Waals surface area contributed by atoms with Crippen LogP contribution >= 0.6 is 11.6 Å². The molecule has 3 aromatic rings. The molecule has 0 radical (unpaired) electrons. The highest BCUT2D eigenvalue weighted by Crippen LogP contribution is 2.38. The van der Waals surface area contributed by atoms with E-state index < -0.39 is 27.9 Å². The number of nitrogens with zero attached hydrogens (tertiary/aromatic N) is 3. The van der Waals surface area contributed by atoms with Crippen molar-refractivity contribution in [2.24, 2.45) is 5.92 Å². The lowest BCUT2D eigenvalue weighted by atomic mass is 9.93. The first-order chi connectivity index (χ1) is 20.5. The number of hydrogen-bond acceptors (Lipinski definition) is 6. The normalized spacial score (nSPS) is 17.4. The Labute approximate surface area is 256 Å². The molecular formula is C30H35ClN6O5S. The van der Waals surface area contributed by atoms with Gasteiger partial charge in [-0.25, -0.2) is 8.42 Å². The van der Waals surface area contributed by atoms with Crippen molar-refractivity contribution in [3.63, 3.8) is 0 Å². The van der Waals surface area contributed by atoms with E-state index in [1.54, 1.807) is 55.1 Å². The van der Waals surface area contributed by atoms with E-state index >= 15 is 0 Å². The number of piperidine rings is 1. The Hall–Kier alpha value is -3.90.